The van der Waals surface area contributed by atoms with Crippen LogP contribution in [-0.2, 0) is 93.9 Å². The Morgan fingerprint density at radius 3 is 0.913 bits per heavy atom. The van der Waals surface area contributed by atoms with E-state index in [1.807, 2.05) is 72.4 Å². The van der Waals surface area contributed by atoms with Gasteiger partial charge in [0.25, 0.3) is 59.1 Å². The molecule has 0 radical (unpaired) electrons. The Labute approximate surface area is 860 Å². The number of benzene rings is 7. The summed E-state index contributed by atoms with van der Waals surface area (Å²) in [5.74, 6) is -0.661. The Kier molecular flexibility index (Phi) is 26.6. The highest BCUT2D eigenvalue weighted by Crippen LogP contribution is 2.42. The highest BCUT2D eigenvalue weighted by atomic mass is 32.1. The minimum atomic E-state index is -1.41. The Morgan fingerprint density at radius 1 is 0.373 bits per heavy atom. The molecule has 47 nitrogen and oxygen atoms in total. The number of rotatable bonds is 25. The fourth-order valence-corrected chi connectivity index (χ4v) is 21.4. The van der Waals surface area contributed by atoms with Gasteiger partial charge in [-0.2, -0.15) is 15.3 Å². The van der Waals surface area contributed by atoms with Crippen LogP contribution in [0.5, 0.6) is 28.7 Å². The van der Waals surface area contributed by atoms with Crippen LogP contribution in [0.25, 0.3) is 22.5 Å². The number of nitrogen functional groups attached to an aromatic ring is 1. The zero-order chi connectivity index (χ0) is 105. The number of carbonyl (C=O) groups excluding carboxylic acids is 15. The van der Waals surface area contributed by atoms with E-state index in [1.54, 1.807) is 160 Å². The lowest BCUT2D eigenvalue weighted by atomic mass is 9.88. The van der Waals surface area contributed by atoms with E-state index in [9.17, 15) is 71.9 Å². The molecule has 7 saturated heterocycles. The van der Waals surface area contributed by atoms with Gasteiger partial charge in [-0.05, 0) is 112 Å². The smallest absolute Gasteiger partial charge is 0.322 e. The summed E-state index contributed by atoms with van der Waals surface area (Å²) >= 11 is 2.83. The number of nitrogens with two attached hydrogens (primary N) is 1. The van der Waals surface area contributed by atoms with E-state index < -0.39 is 87.4 Å². The van der Waals surface area contributed by atoms with Gasteiger partial charge >= 0.3 is 30.2 Å². The van der Waals surface area contributed by atoms with Gasteiger partial charge in [0, 0.05) is 138 Å². The summed E-state index contributed by atoms with van der Waals surface area (Å²) in [5, 5.41) is 48.4. The number of hydrogen-bond acceptors (Lipinski definition) is 31. The van der Waals surface area contributed by atoms with E-state index in [-0.39, 0.29) is 74.3 Å². The predicted octanol–water partition coefficient (Wildman–Crippen LogP) is 5.84. The van der Waals surface area contributed by atoms with Crippen LogP contribution in [0.4, 0.5) is 34.2 Å². The lowest BCUT2D eigenvalue weighted by Gasteiger charge is -2.31. The maximum Gasteiger partial charge on any atom is 0.322 e. The molecule has 24 rings (SSSR count). The summed E-state index contributed by atoms with van der Waals surface area (Å²) < 4.78 is 40.4. The molecule has 150 heavy (non-hydrogen) atoms. The maximum atomic E-state index is 13.1. The van der Waals surface area contributed by atoms with E-state index in [0.717, 1.165) is 68.3 Å². The Hall–Kier alpha value is -18.0. The molecule has 770 valence electrons. The van der Waals surface area contributed by atoms with Crippen molar-refractivity contribution in [3.05, 3.63) is 271 Å². The molecule has 49 heteroatoms. The third-order valence-corrected chi connectivity index (χ3v) is 29.7. The number of urea groups is 5. The first-order valence-electron chi connectivity index (χ1n) is 47.2. The fraction of sp³-hybridized carbons (Fsp3) is 0.287. The molecule has 7 aromatic carbocycles. The van der Waals surface area contributed by atoms with Crippen LogP contribution in [0.15, 0.2) is 187 Å². The molecule has 17 heterocycles. The number of anilines is 2. The number of methoxy groups -OCH3 is 5. The third-order valence-electron chi connectivity index (χ3n) is 28.2. The average Bonchev–Trinajstić information content (AvgIpc) is 1.61. The van der Waals surface area contributed by atoms with Crippen molar-refractivity contribution in [2.24, 2.45) is 0 Å². The molecule has 0 bridgehead atoms. The van der Waals surface area contributed by atoms with E-state index in [0.29, 0.717) is 149 Å². The number of thiazole rings is 2. The van der Waals surface area contributed by atoms with Gasteiger partial charge in [-0.1, -0.05) is 78.9 Å². The number of aromatic amines is 1. The molecule has 7 fully saturated rings. The lowest BCUT2D eigenvalue weighted by molar-refractivity contribution is -0.125. The second-order valence-corrected chi connectivity index (χ2v) is 38.7. The van der Waals surface area contributed by atoms with Crippen molar-refractivity contribution in [2.45, 2.75) is 85.3 Å². The van der Waals surface area contributed by atoms with Crippen LogP contribution in [-0.4, -0.2) is 255 Å². The zero-order valence-corrected chi connectivity index (χ0v) is 82.7. The number of nitrogens with one attached hydrogen (secondary N) is 12. The molecule has 0 saturated carbocycles. The van der Waals surface area contributed by atoms with Gasteiger partial charge in [-0.25, -0.2) is 33.9 Å². The maximum absolute atomic E-state index is 13.1. The molecule has 12 aromatic rings. The average molecular weight is 2080 g/mol. The molecule has 5 aromatic heterocycles. The highest BCUT2D eigenvalue weighted by molar-refractivity contribution is 7.14. The Balaban J connectivity index is 0.000000114. The first-order valence-corrected chi connectivity index (χ1v) is 48.9. The van der Waals surface area contributed by atoms with E-state index in [2.05, 4.69) is 88.8 Å². The molecule has 0 spiro atoms. The second kappa shape index (κ2) is 40.1. The first-order chi connectivity index (χ1) is 72.3. The van der Waals surface area contributed by atoms with Crippen molar-refractivity contribution < 1.29 is 105 Å². The van der Waals surface area contributed by atoms with E-state index >= 15 is 0 Å². The molecule has 7 atom stereocenters. The van der Waals surface area contributed by atoms with Gasteiger partial charge in [0.05, 0.1) is 124 Å². The van der Waals surface area contributed by atoms with Crippen molar-refractivity contribution in [1.29, 1.82) is 0 Å². The molecule has 0 unspecified atom stereocenters. The number of fused-ring (bicyclic) bond motifs is 5. The number of nitrogens with zero attached hydrogens (tertiary/aromatic N) is 12. The number of ether oxygens (including phenoxy) is 7. The van der Waals surface area contributed by atoms with Crippen LogP contribution in [0.2, 0.25) is 0 Å². The normalized spacial score (nSPS) is 22.3. The van der Waals surface area contributed by atoms with Crippen molar-refractivity contribution in [2.75, 3.05) is 113 Å². The SMILES string of the molecule is CNc1nc(-c2ccc([C@]3(CN4Cc5ccc(OC)cc5C4=O)NC(=O)NC3=O)cc2)cs1.COc1ccc2c(c1)C(=O)N(C[C@@]1(c3ccc(-c4csc(N)n4)cc3)NC(=O)NC1=O)C2.COc1ccc2c(c1)C(=O)N(C[C@@]1(c3cn[nH]c3)NC(=O)NC1=O)C2.COc1ccc2c(c1)C(=O)N(C[C@@]1(c3cnn([C@@H]4CCOC4)c3)NC(=O)NC1=O)C2.COc1ccc2c(c1)C(=O)N(C[C@@]1(c3cnn([C@H]4CCOC4)c3)NC(=O)NC1=O)C2. The zero-order valence-electron chi connectivity index (χ0n) is 81.1. The topological polar surface area (TPSA) is 585 Å². The lowest BCUT2D eigenvalue weighted by Crippen LogP contribution is -2.52. The fourth-order valence-electron chi connectivity index (χ4n) is 20.1. The van der Waals surface area contributed by atoms with Crippen molar-refractivity contribution in [3.8, 4) is 51.3 Å². The highest BCUT2D eigenvalue weighted by Gasteiger charge is 2.57. The Morgan fingerprint density at radius 2 is 0.667 bits per heavy atom. The molecular weight excluding hydrogens is 1980 g/mol. The number of amides is 20. The largest absolute Gasteiger partial charge is 0.497 e. The van der Waals surface area contributed by atoms with Crippen molar-refractivity contribution >= 4 is 122 Å². The first kappa shape index (κ1) is 99.3. The summed E-state index contributed by atoms with van der Waals surface area (Å²) in [7, 11) is 9.51. The monoisotopic (exact) mass is 2080 g/mol. The number of hydrogen-bond donors (Lipinski definition) is 13. The number of H-pyrrole nitrogens is 1. The summed E-state index contributed by atoms with van der Waals surface area (Å²) in [4.78, 5) is 206. The minimum Gasteiger partial charge on any atom is -0.497 e. The summed E-state index contributed by atoms with van der Waals surface area (Å²) in [6, 6.07) is 38.2. The van der Waals surface area contributed by atoms with Gasteiger partial charge in [0.2, 0.25) is 0 Å². The van der Waals surface area contributed by atoms with Gasteiger partial charge in [-0.15, -0.1) is 22.7 Å². The molecule has 12 aliphatic rings. The molecule has 0 aliphatic carbocycles. The van der Waals surface area contributed by atoms with Crippen LogP contribution in [0.1, 0.15) is 132 Å². The van der Waals surface area contributed by atoms with Crippen LogP contribution in [0, 0.1) is 0 Å². The summed E-state index contributed by atoms with van der Waals surface area (Å²) in [5.41, 5.74) is 11.6. The van der Waals surface area contributed by atoms with Gasteiger partial charge in [0.15, 0.2) is 38.0 Å². The third kappa shape index (κ3) is 18.5. The van der Waals surface area contributed by atoms with Crippen LogP contribution >= 0.6 is 22.7 Å². The second-order valence-electron chi connectivity index (χ2n) is 36.9. The molecule has 12 aliphatic heterocycles. The van der Waals surface area contributed by atoms with Gasteiger partial charge in [-0.3, -0.25) is 89.0 Å². The van der Waals surface area contributed by atoms with Crippen LogP contribution in [0.3, 0.4) is 0 Å². The van der Waals surface area contributed by atoms with Crippen molar-refractivity contribution in [3.63, 3.8) is 0 Å². The molecular formula is C101H97N25O22S2. The van der Waals surface area contributed by atoms with Gasteiger partial charge < -0.3 is 95.3 Å². The summed E-state index contributed by atoms with van der Waals surface area (Å²) in [6.07, 6.45) is 11.3. The van der Waals surface area contributed by atoms with E-state index in [1.165, 1.54) is 54.2 Å². The standard InChI is InChI=1S/C23H21N5O4S.C22H19N5O4S.2C20H21N5O5.C16H15N5O4/c1-24-22-25-18(11-33-22)13-3-6-15(7-4-13)23(20(30)26-21(31)27-23)12-28-10-14-5-8-16(32-2)9-17(14)19(28)29;1-31-15-7-4-13-9-27(18(28)16(13)8-15)11-22(19(29)25-21(30)26-22)14-5-2-12(3-6-14)17-10-32-20(23)24-17;2*1-29-15-3-2-12-8-24(17(26)16(12)6-15)11-20(18(27)22-19(28)23-20)13-7-21-25(9-13)14-4-5-30-10-14;1-25-11-3-2-9-7-21(13(22)12(9)4-11)8-16(10-5-17-18-6-10)14(23)19-15(24)20-16/h3-9,11H,10,12H2,1-2H3,(H,24,25)(H2,26,27,30,31);2-8,10H,9,11H2,1H3,(H2,23,24)(H2,25,26,29,30);2*2-3,6-7,9,14H,4-5,8,10-11H2,1H3,(H2,22,23,27,28);2-6H,7-8H2,1H3,(H,17,18)(H2,19,20,23,24)/t23-;22-;14-,20+;14-,20-;16-/m00100/s1. The number of imide groups is 5. The molecule has 14 N–H and O–H groups in total. The predicted molar refractivity (Wildman–Crippen MR) is 531 cm³/mol. The van der Waals surface area contributed by atoms with Gasteiger partial charge in [0.1, 0.15) is 28.7 Å². The Bertz CT molecular complexity index is 7340. The van der Waals surface area contributed by atoms with E-state index in [4.69, 9.17) is 38.9 Å². The van der Waals surface area contributed by atoms with Crippen molar-refractivity contribution in [1.82, 2.24) is 117 Å². The summed E-state index contributed by atoms with van der Waals surface area (Å²) in [6.45, 7) is 4.10. The molecule has 20 amide bonds. The number of carbonyl (C=O) groups is 15. The minimum absolute atomic E-state index is 0.0000640. The number of aromatic nitrogens is 8. The van der Waals surface area contributed by atoms with Crippen LogP contribution < -0.4 is 87.9 Å². The quantitative estimate of drug-likeness (QED) is 0.0299.